The van der Waals surface area contributed by atoms with Crippen LogP contribution in [0.4, 0.5) is 10.5 Å². The molecule has 0 aromatic heterocycles. The molecule has 4 aliphatic rings. The molecule has 6 rings (SSSR count). The Morgan fingerprint density at radius 2 is 1.68 bits per heavy atom. The number of imide groups is 4. The van der Waals surface area contributed by atoms with Crippen molar-refractivity contribution in [1.29, 1.82) is 0 Å². The number of phenolic OH excluding ortho intramolecular Hbond substituents is 1. The summed E-state index contributed by atoms with van der Waals surface area (Å²) in [6, 6.07) is 12.8. The molecule has 2 saturated heterocycles. The predicted octanol–water partition coefficient (Wildman–Crippen LogP) is 3.01. The van der Waals surface area contributed by atoms with Gasteiger partial charge in [0.2, 0.25) is 23.6 Å². The SMILES string of the molecule is Cc1cccc(C2C3=CCC4C(=O)N(C(N)=O)C(=O)C4C3CC3C(=O)N(c4ccccc4)C(=O)C32C)c1O. The number of nitrogens with two attached hydrogens (primary N) is 1. The molecule has 194 valence electrons. The monoisotopic (exact) mass is 513 g/mol. The summed E-state index contributed by atoms with van der Waals surface area (Å²) in [5, 5.41) is 11.2. The van der Waals surface area contributed by atoms with Crippen LogP contribution in [0.25, 0.3) is 0 Å². The van der Waals surface area contributed by atoms with Crippen LogP contribution in [-0.4, -0.2) is 39.7 Å². The van der Waals surface area contributed by atoms with Crippen LogP contribution in [0.1, 0.15) is 36.8 Å². The molecule has 9 nitrogen and oxygen atoms in total. The number of amides is 6. The molecular formula is C29H27N3O6. The molecule has 2 aromatic carbocycles. The number of phenols is 1. The van der Waals surface area contributed by atoms with Gasteiger partial charge in [0, 0.05) is 11.5 Å². The molecule has 0 bridgehead atoms. The molecule has 38 heavy (non-hydrogen) atoms. The molecule has 6 atom stereocenters. The van der Waals surface area contributed by atoms with Gasteiger partial charge in [-0.2, -0.15) is 4.90 Å². The quantitative estimate of drug-likeness (QED) is 0.468. The van der Waals surface area contributed by atoms with E-state index in [0.717, 1.165) is 5.57 Å². The van der Waals surface area contributed by atoms with Crippen LogP contribution < -0.4 is 10.6 Å². The normalized spacial score (nSPS) is 32.2. The number of fused-ring (bicyclic) bond motifs is 4. The van der Waals surface area contributed by atoms with E-state index in [-0.39, 0.29) is 30.4 Å². The Hall–Kier alpha value is -4.27. The van der Waals surface area contributed by atoms with E-state index in [4.69, 9.17) is 5.73 Å². The zero-order valence-electron chi connectivity index (χ0n) is 21.0. The third-order valence-electron chi connectivity index (χ3n) is 9.09. The number of para-hydroxylation sites is 2. The molecule has 2 aromatic rings. The maximum Gasteiger partial charge on any atom is 0.328 e. The predicted molar refractivity (Wildman–Crippen MR) is 135 cm³/mol. The van der Waals surface area contributed by atoms with Crippen LogP contribution in [-0.2, 0) is 19.2 Å². The van der Waals surface area contributed by atoms with Gasteiger partial charge in [0.05, 0.1) is 28.9 Å². The van der Waals surface area contributed by atoms with Crippen molar-refractivity contribution < 1.29 is 29.1 Å². The van der Waals surface area contributed by atoms with Gasteiger partial charge in [-0.15, -0.1) is 0 Å². The number of hydrogen-bond donors (Lipinski definition) is 2. The lowest BCUT2D eigenvalue weighted by molar-refractivity contribution is -0.136. The van der Waals surface area contributed by atoms with Gasteiger partial charge >= 0.3 is 6.03 Å². The number of rotatable bonds is 2. The van der Waals surface area contributed by atoms with Gasteiger partial charge in [0.1, 0.15) is 5.75 Å². The molecule has 2 aliphatic carbocycles. The second-order valence-corrected chi connectivity index (χ2v) is 10.9. The fourth-order valence-corrected chi connectivity index (χ4v) is 7.31. The first-order valence-electron chi connectivity index (χ1n) is 12.7. The minimum atomic E-state index is -1.25. The molecule has 9 heteroatoms. The molecule has 0 spiro atoms. The van der Waals surface area contributed by atoms with Crippen LogP contribution >= 0.6 is 0 Å². The van der Waals surface area contributed by atoms with Crippen LogP contribution in [0, 0.1) is 36.0 Å². The van der Waals surface area contributed by atoms with Crippen molar-refractivity contribution in [2.45, 2.75) is 32.6 Å². The summed E-state index contributed by atoms with van der Waals surface area (Å²) in [5.41, 5.74) is 6.42. The van der Waals surface area contributed by atoms with Crippen LogP contribution in [0.2, 0.25) is 0 Å². The van der Waals surface area contributed by atoms with Crippen molar-refractivity contribution >= 4 is 35.3 Å². The Balaban J connectivity index is 1.55. The van der Waals surface area contributed by atoms with Crippen molar-refractivity contribution in [3.05, 3.63) is 71.3 Å². The standard InChI is InChI=1S/C29H27N3O6/c1-14-7-6-10-18(23(14)33)22-16-11-12-17-21(26(36)32(24(17)34)28(30)38)19(16)13-20-25(35)31(27(37)29(20,22)2)15-8-4-3-5-9-15/h3-11,17,19-22,33H,12-13H2,1-2H3,(H2,30,38). The fourth-order valence-electron chi connectivity index (χ4n) is 7.31. The van der Waals surface area contributed by atoms with E-state index >= 15 is 0 Å². The van der Waals surface area contributed by atoms with Crippen molar-refractivity contribution in [2.75, 3.05) is 4.90 Å². The highest BCUT2D eigenvalue weighted by Gasteiger charge is 2.68. The second-order valence-electron chi connectivity index (χ2n) is 10.9. The third kappa shape index (κ3) is 2.95. The smallest absolute Gasteiger partial charge is 0.328 e. The number of primary amides is 1. The summed E-state index contributed by atoms with van der Waals surface area (Å²) < 4.78 is 0. The summed E-state index contributed by atoms with van der Waals surface area (Å²) in [7, 11) is 0. The number of aryl methyl sites for hydroxylation is 1. The first-order valence-corrected chi connectivity index (χ1v) is 12.7. The number of hydrogen-bond acceptors (Lipinski definition) is 6. The van der Waals surface area contributed by atoms with E-state index in [1.807, 2.05) is 6.08 Å². The Kier molecular flexibility index (Phi) is 5.14. The lowest BCUT2D eigenvalue weighted by Gasteiger charge is -2.49. The lowest BCUT2D eigenvalue weighted by atomic mass is 9.51. The number of urea groups is 1. The number of anilines is 1. The van der Waals surface area contributed by atoms with Crippen molar-refractivity contribution in [2.24, 2.45) is 34.8 Å². The molecule has 2 aliphatic heterocycles. The van der Waals surface area contributed by atoms with Crippen LogP contribution in [0.15, 0.2) is 60.2 Å². The van der Waals surface area contributed by atoms with E-state index in [2.05, 4.69) is 0 Å². The molecule has 0 radical (unpaired) electrons. The third-order valence-corrected chi connectivity index (χ3v) is 9.09. The number of aromatic hydroxyl groups is 1. The summed E-state index contributed by atoms with van der Waals surface area (Å²) in [5.74, 6) is -5.79. The molecule has 6 amide bonds. The number of carbonyl (C=O) groups excluding carboxylic acids is 5. The van der Waals surface area contributed by atoms with E-state index in [1.165, 1.54) is 4.90 Å². The van der Waals surface area contributed by atoms with E-state index < -0.39 is 52.8 Å². The van der Waals surface area contributed by atoms with Crippen LogP contribution in [0.3, 0.4) is 0 Å². The first kappa shape index (κ1) is 24.1. The average molecular weight is 514 g/mol. The molecule has 1 saturated carbocycles. The molecule has 6 unspecified atom stereocenters. The van der Waals surface area contributed by atoms with Crippen molar-refractivity contribution in [3.8, 4) is 5.75 Å². The van der Waals surface area contributed by atoms with Gasteiger partial charge < -0.3 is 10.8 Å². The number of allylic oxidation sites excluding steroid dienone is 2. The van der Waals surface area contributed by atoms with E-state index in [0.29, 0.717) is 21.7 Å². The number of benzene rings is 2. The highest BCUT2D eigenvalue weighted by molar-refractivity contribution is 6.24. The minimum absolute atomic E-state index is 0.0205. The number of likely N-dealkylation sites (tertiary alicyclic amines) is 1. The minimum Gasteiger partial charge on any atom is -0.507 e. The Labute approximate surface area is 218 Å². The average Bonchev–Trinajstić information content (AvgIpc) is 3.26. The summed E-state index contributed by atoms with van der Waals surface area (Å²) in [4.78, 5) is 68.2. The fraction of sp³-hybridized carbons (Fsp3) is 0.345. The number of carbonyl (C=O) groups is 5. The summed E-state index contributed by atoms with van der Waals surface area (Å²) in [6.45, 7) is 3.51. The van der Waals surface area contributed by atoms with Crippen LogP contribution in [0.5, 0.6) is 5.75 Å². The molecule has 3 N–H and O–H groups in total. The Morgan fingerprint density at radius 3 is 2.37 bits per heavy atom. The summed E-state index contributed by atoms with van der Waals surface area (Å²) in [6.07, 6.45) is 2.21. The largest absolute Gasteiger partial charge is 0.507 e. The first-order chi connectivity index (χ1) is 18.1. The van der Waals surface area contributed by atoms with Gasteiger partial charge in [-0.25, -0.2) is 9.69 Å². The highest BCUT2D eigenvalue weighted by Crippen LogP contribution is 2.64. The van der Waals surface area contributed by atoms with Crippen molar-refractivity contribution in [3.63, 3.8) is 0 Å². The summed E-state index contributed by atoms with van der Waals surface area (Å²) >= 11 is 0. The zero-order chi connectivity index (χ0) is 27.1. The lowest BCUT2D eigenvalue weighted by Crippen LogP contribution is -2.49. The van der Waals surface area contributed by atoms with Gasteiger partial charge in [0.15, 0.2) is 0 Å². The topological polar surface area (TPSA) is 138 Å². The van der Waals surface area contributed by atoms with Crippen molar-refractivity contribution in [1.82, 2.24) is 4.90 Å². The molecule has 3 fully saturated rings. The Bertz CT molecular complexity index is 1470. The highest BCUT2D eigenvalue weighted by atomic mass is 16.3. The maximum absolute atomic E-state index is 14.2. The number of nitrogens with zero attached hydrogens (tertiary/aromatic N) is 2. The van der Waals surface area contributed by atoms with Gasteiger partial charge in [-0.1, -0.05) is 48.0 Å². The van der Waals surface area contributed by atoms with E-state index in [1.54, 1.807) is 62.4 Å². The Morgan fingerprint density at radius 1 is 0.974 bits per heavy atom. The van der Waals surface area contributed by atoms with Gasteiger partial charge in [-0.05, 0) is 50.3 Å². The molecular weight excluding hydrogens is 486 g/mol. The second kappa shape index (κ2) is 8.11. The molecule has 2 heterocycles. The van der Waals surface area contributed by atoms with Gasteiger partial charge in [0.25, 0.3) is 0 Å². The zero-order valence-corrected chi connectivity index (χ0v) is 21.0. The maximum atomic E-state index is 14.2. The van der Waals surface area contributed by atoms with E-state index in [9.17, 15) is 29.1 Å². The van der Waals surface area contributed by atoms with Gasteiger partial charge in [-0.3, -0.25) is 19.2 Å².